The summed E-state index contributed by atoms with van der Waals surface area (Å²) in [6, 6.07) is 9.85. The Morgan fingerprint density at radius 2 is 2.11 bits per heavy atom. The van der Waals surface area contributed by atoms with E-state index < -0.39 is 6.10 Å². The molecule has 0 radical (unpaired) electrons. The standard InChI is InChI=1S/C15H21NO3/c1-19-10-13(17)9-16-15(18)14(12-7-8-12)11-5-3-2-4-6-11/h2-6,12-14,17H,7-10H2,1H3,(H,16,18). The van der Waals surface area contributed by atoms with Crippen LogP contribution in [-0.2, 0) is 9.53 Å². The molecule has 1 saturated carbocycles. The first-order valence-electron chi connectivity index (χ1n) is 6.72. The van der Waals surface area contributed by atoms with Gasteiger partial charge in [0, 0.05) is 13.7 Å². The van der Waals surface area contributed by atoms with Crippen LogP contribution in [0.1, 0.15) is 24.3 Å². The number of carbonyl (C=O) groups excluding carboxylic acids is 1. The summed E-state index contributed by atoms with van der Waals surface area (Å²) in [5.74, 6) is 0.363. The molecule has 19 heavy (non-hydrogen) atoms. The molecule has 0 aliphatic heterocycles. The normalized spacial score (nSPS) is 17.8. The number of benzene rings is 1. The number of hydrogen-bond acceptors (Lipinski definition) is 3. The fraction of sp³-hybridized carbons (Fsp3) is 0.533. The topological polar surface area (TPSA) is 58.6 Å². The Morgan fingerprint density at radius 1 is 1.42 bits per heavy atom. The molecule has 2 unspecified atom stereocenters. The third-order valence-corrected chi connectivity index (χ3v) is 3.41. The van der Waals surface area contributed by atoms with Crippen LogP contribution in [0, 0.1) is 5.92 Å². The number of methoxy groups -OCH3 is 1. The van der Waals surface area contributed by atoms with Crippen LogP contribution in [0.3, 0.4) is 0 Å². The number of carbonyl (C=O) groups is 1. The average Bonchev–Trinajstić information content (AvgIpc) is 3.23. The van der Waals surface area contributed by atoms with E-state index in [1.54, 1.807) is 0 Å². The number of ether oxygens (including phenoxy) is 1. The van der Waals surface area contributed by atoms with Gasteiger partial charge in [0.25, 0.3) is 0 Å². The van der Waals surface area contributed by atoms with E-state index in [-0.39, 0.29) is 25.0 Å². The van der Waals surface area contributed by atoms with Gasteiger partial charge in [-0.2, -0.15) is 0 Å². The lowest BCUT2D eigenvalue weighted by Crippen LogP contribution is -2.37. The van der Waals surface area contributed by atoms with E-state index in [4.69, 9.17) is 4.74 Å². The predicted molar refractivity (Wildman–Crippen MR) is 72.8 cm³/mol. The Balaban J connectivity index is 1.94. The smallest absolute Gasteiger partial charge is 0.227 e. The molecule has 4 heteroatoms. The second-order valence-corrected chi connectivity index (χ2v) is 5.08. The Bertz CT molecular complexity index is 403. The van der Waals surface area contributed by atoms with Crippen molar-refractivity contribution in [3.05, 3.63) is 35.9 Å². The first-order valence-corrected chi connectivity index (χ1v) is 6.72. The monoisotopic (exact) mass is 263 g/mol. The molecule has 0 bridgehead atoms. The fourth-order valence-electron chi connectivity index (χ4n) is 2.31. The lowest BCUT2D eigenvalue weighted by Gasteiger charge is -2.18. The van der Waals surface area contributed by atoms with E-state index in [0.29, 0.717) is 5.92 Å². The highest BCUT2D eigenvalue weighted by atomic mass is 16.5. The van der Waals surface area contributed by atoms with Crippen molar-refractivity contribution in [3.8, 4) is 0 Å². The van der Waals surface area contributed by atoms with Crippen molar-refractivity contribution >= 4 is 5.91 Å². The quantitative estimate of drug-likeness (QED) is 0.779. The zero-order chi connectivity index (χ0) is 13.7. The van der Waals surface area contributed by atoms with Gasteiger partial charge in [-0.3, -0.25) is 4.79 Å². The molecule has 1 amide bonds. The molecule has 0 saturated heterocycles. The van der Waals surface area contributed by atoms with Gasteiger partial charge in [0.1, 0.15) is 0 Å². The Hall–Kier alpha value is -1.39. The van der Waals surface area contributed by atoms with Crippen LogP contribution in [0.15, 0.2) is 30.3 Å². The van der Waals surface area contributed by atoms with Crippen molar-refractivity contribution in [2.75, 3.05) is 20.3 Å². The van der Waals surface area contributed by atoms with E-state index in [9.17, 15) is 9.90 Å². The summed E-state index contributed by atoms with van der Waals surface area (Å²) < 4.78 is 4.84. The van der Waals surface area contributed by atoms with Crippen molar-refractivity contribution in [1.82, 2.24) is 5.32 Å². The highest BCUT2D eigenvalue weighted by molar-refractivity contribution is 5.84. The Morgan fingerprint density at radius 3 is 2.68 bits per heavy atom. The molecule has 1 fully saturated rings. The molecule has 0 spiro atoms. The largest absolute Gasteiger partial charge is 0.389 e. The summed E-state index contributed by atoms with van der Waals surface area (Å²) in [6.45, 7) is 0.475. The summed E-state index contributed by atoms with van der Waals surface area (Å²) in [7, 11) is 1.53. The van der Waals surface area contributed by atoms with Crippen LogP contribution in [0.2, 0.25) is 0 Å². The number of aliphatic hydroxyl groups excluding tert-OH is 1. The summed E-state index contributed by atoms with van der Waals surface area (Å²) in [6.07, 6.45) is 1.56. The maximum Gasteiger partial charge on any atom is 0.227 e. The maximum atomic E-state index is 12.3. The molecule has 1 aliphatic rings. The highest BCUT2D eigenvalue weighted by Crippen LogP contribution is 2.42. The van der Waals surface area contributed by atoms with Crippen LogP contribution in [-0.4, -0.2) is 37.4 Å². The van der Waals surface area contributed by atoms with E-state index in [0.717, 1.165) is 18.4 Å². The van der Waals surface area contributed by atoms with Crippen molar-refractivity contribution in [1.29, 1.82) is 0 Å². The molecule has 2 rings (SSSR count). The summed E-state index contributed by atoms with van der Waals surface area (Å²) in [5.41, 5.74) is 1.06. The molecule has 4 nitrogen and oxygen atoms in total. The van der Waals surface area contributed by atoms with E-state index in [1.165, 1.54) is 7.11 Å². The summed E-state index contributed by atoms with van der Waals surface area (Å²) in [4.78, 5) is 12.3. The van der Waals surface area contributed by atoms with E-state index in [1.807, 2.05) is 30.3 Å². The molecule has 0 aromatic heterocycles. The molecular formula is C15H21NO3. The van der Waals surface area contributed by atoms with Crippen molar-refractivity contribution in [2.45, 2.75) is 24.9 Å². The van der Waals surface area contributed by atoms with Gasteiger partial charge in [-0.25, -0.2) is 0 Å². The summed E-state index contributed by atoms with van der Waals surface area (Å²) >= 11 is 0. The number of amides is 1. The minimum absolute atomic E-state index is 0.00357. The maximum absolute atomic E-state index is 12.3. The van der Waals surface area contributed by atoms with Crippen LogP contribution in [0.5, 0.6) is 0 Å². The lowest BCUT2D eigenvalue weighted by molar-refractivity contribution is -0.123. The third-order valence-electron chi connectivity index (χ3n) is 3.41. The third kappa shape index (κ3) is 4.04. The zero-order valence-corrected chi connectivity index (χ0v) is 11.2. The second kappa shape index (κ2) is 6.68. The predicted octanol–water partition coefficient (Wildman–Crippen LogP) is 1.30. The van der Waals surface area contributed by atoms with Gasteiger partial charge >= 0.3 is 0 Å². The Kier molecular flexibility index (Phi) is 4.93. The van der Waals surface area contributed by atoms with Crippen molar-refractivity contribution in [2.24, 2.45) is 5.92 Å². The van der Waals surface area contributed by atoms with Crippen molar-refractivity contribution < 1.29 is 14.6 Å². The Labute approximate surface area is 113 Å². The molecule has 1 aromatic carbocycles. The lowest BCUT2D eigenvalue weighted by atomic mass is 9.93. The SMILES string of the molecule is COCC(O)CNC(=O)C(c1ccccc1)C1CC1. The molecule has 104 valence electrons. The second-order valence-electron chi connectivity index (χ2n) is 5.08. The van der Waals surface area contributed by atoms with Gasteiger partial charge in [-0.05, 0) is 24.3 Å². The van der Waals surface area contributed by atoms with Crippen LogP contribution in [0.25, 0.3) is 0 Å². The molecule has 1 aromatic rings. The number of hydrogen-bond donors (Lipinski definition) is 2. The molecular weight excluding hydrogens is 242 g/mol. The van der Waals surface area contributed by atoms with Gasteiger partial charge in [-0.1, -0.05) is 30.3 Å². The zero-order valence-electron chi connectivity index (χ0n) is 11.2. The first-order chi connectivity index (χ1) is 9.22. The van der Waals surface area contributed by atoms with Crippen LogP contribution in [0.4, 0.5) is 0 Å². The molecule has 2 N–H and O–H groups in total. The number of rotatable bonds is 7. The van der Waals surface area contributed by atoms with E-state index >= 15 is 0 Å². The first kappa shape index (κ1) is 14.0. The van der Waals surface area contributed by atoms with Crippen LogP contribution < -0.4 is 5.32 Å². The van der Waals surface area contributed by atoms with Gasteiger partial charge in [0.2, 0.25) is 5.91 Å². The molecule has 1 aliphatic carbocycles. The van der Waals surface area contributed by atoms with Crippen LogP contribution >= 0.6 is 0 Å². The van der Waals surface area contributed by atoms with Gasteiger partial charge < -0.3 is 15.2 Å². The van der Waals surface area contributed by atoms with Gasteiger partial charge in [0.05, 0.1) is 18.6 Å². The van der Waals surface area contributed by atoms with Gasteiger partial charge in [0.15, 0.2) is 0 Å². The van der Waals surface area contributed by atoms with Gasteiger partial charge in [-0.15, -0.1) is 0 Å². The number of aliphatic hydroxyl groups is 1. The average molecular weight is 263 g/mol. The minimum atomic E-state index is -0.649. The molecule has 0 heterocycles. The summed E-state index contributed by atoms with van der Waals surface area (Å²) in [5, 5.41) is 12.4. The van der Waals surface area contributed by atoms with Crippen molar-refractivity contribution in [3.63, 3.8) is 0 Å². The van der Waals surface area contributed by atoms with E-state index in [2.05, 4.69) is 5.32 Å². The highest BCUT2D eigenvalue weighted by Gasteiger charge is 2.37. The minimum Gasteiger partial charge on any atom is -0.389 e. The number of nitrogens with one attached hydrogen (secondary N) is 1. The fourth-order valence-corrected chi connectivity index (χ4v) is 2.31. The molecule has 2 atom stereocenters.